The van der Waals surface area contributed by atoms with Crippen LogP contribution in [0.2, 0.25) is 0 Å². The minimum Gasteiger partial charge on any atom is -0.343 e. The summed E-state index contributed by atoms with van der Waals surface area (Å²) in [5.74, 6) is -0.152. The fourth-order valence-corrected chi connectivity index (χ4v) is 5.17. The van der Waals surface area contributed by atoms with Gasteiger partial charge in [0.25, 0.3) is 5.91 Å². The van der Waals surface area contributed by atoms with E-state index in [0.29, 0.717) is 39.0 Å². The molecule has 0 bridgehead atoms. The van der Waals surface area contributed by atoms with Crippen molar-refractivity contribution in [1.29, 1.82) is 0 Å². The zero-order valence-electron chi connectivity index (χ0n) is 18.5. The molecule has 0 spiro atoms. The molecular weight excluding hydrogens is 408 g/mol. The molecule has 3 heterocycles. The number of benzene rings is 1. The van der Waals surface area contributed by atoms with Crippen LogP contribution in [0.1, 0.15) is 44.6 Å². The molecule has 168 valence electrons. The van der Waals surface area contributed by atoms with Gasteiger partial charge in [-0.15, -0.1) is 0 Å². The Labute approximate surface area is 187 Å². The number of hydrogen-bond donors (Lipinski definition) is 0. The van der Waals surface area contributed by atoms with Crippen LogP contribution in [0.25, 0.3) is 0 Å². The van der Waals surface area contributed by atoms with Crippen LogP contribution in [0.15, 0.2) is 42.2 Å². The second kappa shape index (κ2) is 7.46. The Morgan fingerprint density at radius 1 is 1.00 bits per heavy atom. The molecule has 3 fully saturated rings. The van der Waals surface area contributed by atoms with Crippen LogP contribution in [-0.4, -0.2) is 75.6 Å². The second-order valence-corrected chi connectivity index (χ2v) is 9.51. The van der Waals surface area contributed by atoms with Crippen molar-refractivity contribution in [2.75, 3.05) is 26.2 Å². The summed E-state index contributed by atoms with van der Waals surface area (Å²) in [5.41, 5.74) is 0.850. The van der Waals surface area contributed by atoms with Crippen LogP contribution in [0.4, 0.5) is 4.79 Å². The van der Waals surface area contributed by atoms with Crippen molar-refractivity contribution in [2.45, 2.75) is 45.1 Å². The highest BCUT2D eigenvalue weighted by molar-refractivity contribution is 6.12. The number of urea groups is 1. The summed E-state index contributed by atoms with van der Waals surface area (Å²) in [5, 5.41) is 0. The van der Waals surface area contributed by atoms with E-state index in [0.717, 1.165) is 12.0 Å². The molecule has 0 aromatic heterocycles. The lowest BCUT2D eigenvalue weighted by Gasteiger charge is -2.41. The molecule has 8 nitrogen and oxygen atoms in total. The van der Waals surface area contributed by atoms with Gasteiger partial charge >= 0.3 is 6.03 Å². The molecule has 0 N–H and O–H groups in total. The molecule has 0 unspecified atom stereocenters. The van der Waals surface area contributed by atoms with E-state index in [9.17, 15) is 19.2 Å². The number of fused-ring (bicyclic) bond motifs is 1. The lowest BCUT2D eigenvalue weighted by Crippen LogP contribution is -2.51. The SMILES string of the molecule is CC(=O)N1CCC(C)(C(=O)N2C=C3C(=O)N([C@H]4C[C@@H]4c4ccccc4)C(=O)N3CC2)CC1. The predicted molar refractivity (Wildman–Crippen MR) is 116 cm³/mol. The van der Waals surface area contributed by atoms with Gasteiger partial charge < -0.3 is 9.80 Å². The number of hydrogen-bond acceptors (Lipinski definition) is 4. The smallest absolute Gasteiger partial charge is 0.332 e. The predicted octanol–water partition coefficient (Wildman–Crippen LogP) is 2.14. The number of amides is 5. The van der Waals surface area contributed by atoms with Gasteiger partial charge in [0.05, 0.1) is 5.41 Å². The van der Waals surface area contributed by atoms with E-state index in [4.69, 9.17) is 0 Å². The molecule has 1 saturated carbocycles. The molecule has 0 radical (unpaired) electrons. The average Bonchev–Trinajstić information content (AvgIpc) is 3.54. The maximum absolute atomic E-state index is 13.3. The van der Waals surface area contributed by atoms with E-state index in [1.165, 1.54) is 9.80 Å². The highest BCUT2D eigenvalue weighted by Crippen LogP contribution is 2.47. The van der Waals surface area contributed by atoms with E-state index in [-0.39, 0.29) is 41.4 Å². The maximum atomic E-state index is 13.3. The number of likely N-dealkylation sites (tertiary alicyclic amines) is 1. The minimum absolute atomic E-state index is 0.0271. The van der Waals surface area contributed by atoms with Gasteiger partial charge in [-0.05, 0) is 24.8 Å². The van der Waals surface area contributed by atoms with Crippen LogP contribution >= 0.6 is 0 Å². The Morgan fingerprint density at radius 2 is 1.69 bits per heavy atom. The van der Waals surface area contributed by atoms with Crippen molar-refractivity contribution in [1.82, 2.24) is 19.6 Å². The summed E-state index contributed by atoms with van der Waals surface area (Å²) < 4.78 is 0. The standard InChI is InChI=1S/C24H28N4O4/c1-16(29)25-10-8-24(2,9-11-25)22(31)26-12-13-27-20(15-26)21(30)28(23(27)32)19-14-18(19)17-6-4-3-5-7-17/h3-7,15,18-19H,8-14H2,1-2H3/t18-,19+/m1/s1. The van der Waals surface area contributed by atoms with Crippen molar-refractivity contribution >= 4 is 23.8 Å². The molecule has 3 aliphatic heterocycles. The number of imide groups is 1. The summed E-state index contributed by atoms with van der Waals surface area (Å²) in [6, 6.07) is 9.54. The van der Waals surface area contributed by atoms with E-state index in [2.05, 4.69) is 0 Å². The van der Waals surface area contributed by atoms with Crippen LogP contribution in [-0.2, 0) is 14.4 Å². The monoisotopic (exact) mass is 436 g/mol. The highest BCUT2D eigenvalue weighted by Gasteiger charge is 2.55. The molecule has 32 heavy (non-hydrogen) atoms. The Morgan fingerprint density at radius 3 is 2.34 bits per heavy atom. The molecule has 5 amide bonds. The fourth-order valence-electron chi connectivity index (χ4n) is 5.17. The number of carbonyl (C=O) groups is 4. The number of rotatable bonds is 3. The van der Waals surface area contributed by atoms with Gasteiger partial charge in [0, 0.05) is 51.3 Å². The lowest BCUT2D eigenvalue weighted by molar-refractivity contribution is -0.144. The van der Waals surface area contributed by atoms with Crippen molar-refractivity contribution < 1.29 is 19.2 Å². The first-order valence-corrected chi connectivity index (χ1v) is 11.3. The normalized spacial score (nSPS) is 26.8. The van der Waals surface area contributed by atoms with Crippen LogP contribution in [0.3, 0.4) is 0 Å². The first kappa shape index (κ1) is 20.7. The lowest BCUT2D eigenvalue weighted by atomic mass is 9.79. The fraction of sp³-hybridized carbons (Fsp3) is 0.500. The van der Waals surface area contributed by atoms with Gasteiger partial charge in [-0.25, -0.2) is 4.79 Å². The Bertz CT molecular complexity index is 1010. The van der Waals surface area contributed by atoms with Crippen LogP contribution in [0.5, 0.6) is 0 Å². The summed E-state index contributed by atoms with van der Waals surface area (Å²) in [4.78, 5) is 57.4. The molecular formula is C24H28N4O4. The minimum atomic E-state index is -0.578. The molecule has 4 aliphatic rings. The second-order valence-electron chi connectivity index (χ2n) is 9.51. The molecule has 2 atom stereocenters. The van der Waals surface area contributed by atoms with Crippen molar-refractivity contribution in [3.63, 3.8) is 0 Å². The van der Waals surface area contributed by atoms with E-state index in [1.807, 2.05) is 37.3 Å². The number of piperidine rings is 1. The first-order chi connectivity index (χ1) is 15.3. The molecule has 1 aromatic carbocycles. The third-order valence-electron chi connectivity index (χ3n) is 7.41. The topological polar surface area (TPSA) is 81.2 Å². The molecule has 1 aliphatic carbocycles. The van der Waals surface area contributed by atoms with Gasteiger partial charge in [-0.1, -0.05) is 37.3 Å². The quantitative estimate of drug-likeness (QED) is 0.680. The summed E-state index contributed by atoms with van der Waals surface area (Å²) in [7, 11) is 0. The van der Waals surface area contributed by atoms with Gasteiger partial charge in [0.2, 0.25) is 11.8 Å². The zero-order chi connectivity index (χ0) is 22.6. The highest BCUT2D eigenvalue weighted by atomic mass is 16.2. The van der Waals surface area contributed by atoms with Crippen LogP contribution in [0, 0.1) is 5.41 Å². The molecule has 1 aromatic rings. The first-order valence-electron chi connectivity index (χ1n) is 11.3. The third kappa shape index (κ3) is 3.29. The van der Waals surface area contributed by atoms with E-state index in [1.54, 1.807) is 22.9 Å². The van der Waals surface area contributed by atoms with Gasteiger partial charge in [-0.2, -0.15) is 0 Å². The third-order valence-corrected chi connectivity index (χ3v) is 7.41. The zero-order valence-corrected chi connectivity index (χ0v) is 18.5. The number of carbonyl (C=O) groups excluding carboxylic acids is 4. The maximum Gasteiger partial charge on any atom is 0.332 e. The summed E-state index contributed by atoms with van der Waals surface area (Å²) in [6.07, 6.45) is 3.52. The molecule has 5 rings (SSSR count). The van der Waals surface area contributed by atoms with E-state index >= 15 is 0 Å². The van der Waals surface area contributed by atoms with Gasteiger partial charge in [0.1, 0.15) is 5.70 Å². The number of nitrogens with zero attached hydrogens (tertiary/aromatic N) is 4. The Kier molecular flexibility index (Phi) is 4.83. The average molecular weight is 437 g/mol. The molecule has 2 saturated heterocycles. The van der Waals surface area contributed by atoms with Crippen molar-refractivity contribution in [3.05, 3.63) is 47.8 Å². The van der Waals surface area contributed by atoms with E-state index < -0.39 is 5.41 Å². The van der Waals surface area contributed by atoms with Gasteiger partial charge in [-0.3, -0.25) is 24.2 Å². The molecule has 8 heteroatoms. The Hall–Kier alpha value is -3.16. The van der Waals surface area contributed by atoms with Crippen LogP contribution < -0.4 is 0 Å². The van der Waals surface area contributed by atoms with Crippen molar-refractivity contribution in [3.8, 4) is 0 Å². The summed E-state index contributed by atoms with van der Waals surface area (Å²) in [6.45, 7) is 5.28. The summed E-state index contributed by atoms with van der Waals surface area (Å²) >= 11 is 0. The van der Waals surface area contributed by atoms with Gasteiger partial charge in [0.15, 0.2) is 0 Å². The largest absolute Gasteiger partial charge is 0.343 e. The Balaban J connectivity index is 1.31. The van der Waals surface area contributed by atoms with Crippen molar-refractivity contribution in [2.24, 2.45) is 5.41 Å².